The van der Waals surface area contributed by atoms with Crippen molar-refractivity contribution in [2.24, 2.45) is 17.8 Å². The predicted octanol–water partition coefficient (Wildman–Crippen LogP) is 5.68. The van der Waals surface area contributed by atoms with Gasteiger partial charge in [-0.3, -0.25) is 14.4 Å². The number of esters is 1. The number of methoxy groups -OCH3 is 2. The molecule has 2 heterocycles. The Kier molecular flexibility index (Phi) is 15.2. The molecule has 0 spiro atoms. The lowest BCUT2D eigenvalue weighted by Crippen LogP contribution is -2.45. The Morgan fingerprint density at radius 2 is 1.85 bits per heavy atom. The number of nitrogens with zero attached hydrogens (tertiary/aromatic N) is 1. The van der Waals surface area contributed by atoms with Crippen LogP contribution >= 0.6 is 11.6 Å². The molecule has 1 saturated carbocycles. The number of rotatable bonds is 8. The van der Waals surface area contributed by atoms with Crippen molar-refractivity contribution in [3.05, 3.63) is 46.5 Å². The first-order valence-corrected chi connectivity index (χ1v) is 19.5. The monoisotopic (exact) mass is 789 g/mol. The molecule has 5 unspecified atom stereocenters. The molecule has 4 rings (SSSR count). The molecule has 7 atom stereocenters. The van der Waals surface area contributed by atoms with E-state index in [1.54, 1.807) is 21.1 Å². The van der Waals surface area contributed by atoms with E-state index in [-0.39, 0.29) is 29.7 Å². The van der Waals surface area contributed by atoms with Gasteiger partial charge in [0.15, 0.2) is 0 Å². The zero-order valence-corrected chi connectivity index (χ0v) is 34.4. The van der Waals surface area contributed by atoms with Gasteiger partial charge in [0, 0.05) is 26.6 Å². The van der Waals surface area contributed by atoms with Crippen LogP contribution in [0.4, 0.5) is 10.5 Å². The van der Waals surface area contributed by atoms with Crippen molar-refractivity contribution < 1.29 is 48.0 Å². The third kappa shape index (κ3) is 11.7. The lowest BCUT2D eigenvalue weighted by atomic mass is 9.81. The zero-order chi connectivity index (χ0) is 40.7. The maximum atomic E-state index is 14.1. The topological polar surface area (TPSA) is 165 Å². The van der Waals surface area contributed by atoms with Crippen molar-refractivity contribution in [3.8, 4) is 5.75 Å². The molecule has 13 nitrogen and oxygen atoms in total. The Balaban J connectivity index is 1.61. The summed E-state index contributed by atoms with van der Waals surface area (Å²) in [6.07, 6.45) is 5.69. The number of benzene rings is 1. The number of allylic oxidation sites excluding steroid dienone is 3. The van der Waals surface area contributed by atoms with Crippen LogP contribution in [-0.4, -0.2) is 99.0 Å². The summed E-state index contributed by atoms with van der Waals surface area (Å²) in [5.74, 6) is -1.05. The molecule has 2 bridgehead atoms. The quantitative estimate of drug-likeness (QED) is 0.170. The smallest absolute Gasteiger partial charge is 0.407 e. The van der Waals surface area contributed by atoms with Crippen LogP contribution < -0.4 is 20.3 Å². The van der Waals surface area contributed by atoms with Gasteiger partial charge in [0.1, 0.15) is 28.1 Å². The highest BCUT2D eigenvalue weighted by molar-refractivity contribution is 6.35. The molecule has 2 fully saturated rings. The van der Waals surface area contributed by atoms with Crippen molar-refractivity contribution in [1.29, 1.82) is 0 Å². The number of nitrogens with one attached hydrogen (secondary N) is 2. The molecule has 1 aromatic rings. The van der Waals surface area contributed by atoms with E-state index in [0.29, 0.717) is 56.5 Å². The third-order valence-corrected chi connectivity index (χ3v) is 11.4. The molecule has 1 saturated heterocycles. The maximum Gasteiger partial charge on any atom is 0.407 e. The molecule has 306 valence electrons. The van der Waals surface area contributed by atoms with Crippen LogP contribution in [-0.2, 0) is 39.8 Å². The Labute approximate surface area is 330 Å². The fourth-order valence-corrected chi connectivity index (χ4v) is 7.89. The van der Waals surface area contributed by atoms with Gasteiger partial charge in [-0.1, -0.05) is 42.3 Å². The van der Waals surface area contributed by atoms with Crippen LogP contribution in [0.2, 0.25) is 5.02 Å². The van der Waals surface area contributed by atoms with Crippen molar-refractivity contribution in [2.45, 2.75) is 128 Å². The van der Waals surface area contributed by atoms with Crippen LogP contribution in [0, 0.1) is 17.8 Å². The number of carbonyl (C=O) groups is 4. The summed E-state index contributed by atoms with van der Waals surface area (Å²) in [6, 6.07) is 3.11. The van der Waals surface area contributed by atoms with Crippen LogP contribution in [0.15, 0.2) is 35.9 Å². The predicted molar refractivity (Wildman–Crippen MR) is 209 cm³/mol. The summed E-state index contributed by atoms with van der Waals surface area (Å²) in [5, 5.41) is 17.4. The van der Waals surface area contributed by atoms with Crippen molar-refractivity contribution in [1.82, 2.24) is 10.6 Å². The van der Waals surface area contributed by atoms with Crippen molar-refractivity contribution in [2.75, 3.05) is 32.7 Å². The molecular weight excluding hydrogens is 730 g/mol. The Bertz CT molecular complexity index is 1590. The van der Waals surface area contributed by atoms with E-state index in [4.69, 9.17) is 35.3 Å². The van der Waals surface area contributed by atoms with Gasteiger partial charge in [0.2, 0.25) is 12.3 Å². The highest BCUT2D eigenvalue weighted by Gasteiger charge is 2.63. The number of halogens is 1. The molecule has 1 aromatic carbocycles. The van der Waals surface area contributed by atoms with Gasteiger partial charge in [-0.25, -0.2) is 4.79 Å². The number of alkyl carbamates (subject to hydrolysis) is 1. The molecule has 3 amide bonds. The number of anilines is 1. The molecule has 3 aliphatic rings. The largest absolute Gasteiger partial charge is 0.495 e. The lowest BCUT2D eigenvalue weighted by Gasteiger charge is -2.31. The van der Waals surface area contributed by atoms with Crippen molar-refractivity contribution >= 4 is 41.7 Å². The first-order chi connectivity index (χ1) is 25.9. The summed E-state index contributed by atoms with van der Waals surface area (Å²) < 4.78 is 29.2. The number of aliphatic hydroxyl groups excluding tert-OH is 1. The van der Waals surface area contributed by atoms with E-state index in [2.05, 4.69) is 10.6 Å². The minimum atomic E-state index is -1.09. The minimum Gasteiger partial charge on any atom is -0.495 e. The van der Waals surface area contributed by atoms with E-state index < -0.39 is 65.6 Å². The molecule has 0 aromatic heterocycles. The fourth-order valence-electron chi connectivity index (χ4n) is 7.58. The maximum absolute atomic E-state index is 14.1. The number of fused-ring (bicyclic) bond motifs is 3. The van der Waals surface area contributed by atoms with Gasteiger partial charge < -0.3 is 44.3 Å². The fraction of sp³-hybridized carbons (Fsp3) is 0.659. The number of epoxide rings is 1. The highest BCUT2D eigenvalue weighted by atomic mass is 35.5. The molecule has 1 aliphatic carbocycles. The molecule has 3 N–H and O–H groups in total. The summed E-state index contributed by atoms with van der Waals surface area (Å²) in [5.41, 5.74) is 0.599. The summed E-state index contributed by atoms with van der Waals surface area (Å²) in [6.45, 7) is 11.5. The number of amides is 3. The van der Waals surface area contributed by atoms with Gasteiger partial charge in [-0.05, 0) is 96.8 Å². The first-order valence-electron chi connectivity index (χ1n) is 19.1. The highest BCUT2D eigenvalue weighted by Crippen LogP contribution is 2.48. The van der Waals surface area contributed by atoms with Crippen LogP contribution in [0.3, 0.4) is 0 Å². The average Bonchev–Trinajstić information content (AvgIpc) is 3.83. The summed E-state index contributed by atoms with van der Waals surface area (Å²) >= 11 is 6.78. The van der Waals surface area contributed by atoms with E-state index in [9.17, 15) is 24.3 Å². The Morgan fingerprint density at radius 3 is 2.47 bits per heavy atom. The van der Waals surface area contributed by atoms with Crippen LogP contribution in [0.5, 0.6) is 5.75 Å². The van der Waals surface area contributed by atoms with Gasteiger partial charge in [-0.15, -0.1) is 0 Å². The number of aliphatic hydroxyl groups is 1. The zero-order valence-electron chi connectivity index (χ0n) is 33.7. The molecular formula is C41H60ClN3O10. The third-order valence-electron chi connectivity index (χ3n) is 11.0. The summed E-state index contributed by atoms with van der Waals surface area (Å²) in [4.78, 5) is 53.3. The average molecular weight is 790 g/mol. The van der Waals surface area contributed by atoms with Crippen molar-refractivity contribution in [3.63, 3.8) is 0 Å². The second-order valence-corrected chi connectivity index (χ2v) is 16.7. The first kappa shape index (κ1) is 44.1. The number of carbonyl (C=O) groups excluding carboxylic acids is 4. The number of hydrogen-bond donors (Lipinski definition) is 3. The second-order valence-electron chi connectivity index (χ2n) is 16.4. The molecule has 14 heteroatoms. The molecule has 55 heavy (non-hydrogen) atoms. The second kappa shape index (κ2) is 19.0. The van der Waals surface area contributed by atoms with Gasteiger partial charge >= 0.3 is 12.1 Å². The minimum absolute atomic E-state index is 0.156. The van der Waals surface area contributed by atoms with E-state index in [0.717, 1.165) is 11.1 Å². The van der Waals surface area contributed by atoms with E-state index in [1.807, 2.05) is 65.0 Å². The van der Waals surface area contributed by atoms with Gasteiger partial charge in [0.25, 0.3) is 0 Å². The Morgan fingerprint density at radius 1 is 1.16 bits per heavy atom. The molecule has 2 aliphatic heterocycles. The summed E-state index contributed by atoms with van der Waals surface area (Å²) in [7, 11) is 4.68. The standard InChI is InChI=1S/C41H60ClN3O10/c1-24-11-10-12-32(51-8)29(44-23-46)20-31(47)25(2)37-41(6,54-37)34(21-35(48)45(7)30-18-27(17-24)19-33(52-9)36(30)42)53-38(49)28-15-13-26(14-16-28)22-43-39(50)55-40(3,4)5/h10-12,18-19,23,25-26,28-29,31-32,34,37,47H,13-17,20-22H2,1-9H3,(H,43,50)(H,44,46)/b12-10+,24-11+/t25-,26?,28?,29?,31?,32?,34?,37?,41-/m1/s1. The normalized spacial score (nSPS) is 32.2. The van der Waals surface area contributed by atoms with Gasteiger partial charge in [-0.2, -0.15) is 0 Å². The number of ether oxygens (including phenoxy) is 5. The van der Waals surface area contributed by atoms with Crippen LogP contribution in [0.25, 0.3) is 0 Å². The van der Waals surface area contributed by atoms with E-state index >= 15 is 0 Å². The van der Waals surface area contributed by atoms with Crippen LogP contribution in [0.1, 0.15) is 85.6 Å². The number of hydrogen-bond acceptors (Lipinski definition) is 10. The van der Waals surface area contributed by atoms with E-state index in [1.165, 1.54) is 12.0 Å². The van der Waals surface area contributed by atoms with Gasteiger partial charge in [0.05, 0.1) is 49.5 Å². The lowest BCUT2D eigenvalue weighted by molar-refractivity contribution is -0.160. The molecule has 0 radical (unpaired) electrons. The Hall–Kier alpha value is -3.65. The SMILES string of the molecule is COc1cc2cc(c1Cl)N(C)C(=O)CC(OC(=O)C1CCC(CNC(=O)OC(C)(C)C)CC1)[C@@]1(C)OC1[C@H](C)C(O)CC(NC=O)C(OC)/C=C/C=C(\C)C2.